The molecular formula is C22H35N3O2. The summed E-state index contributed by atoms with van der Waals surface area (Å²) in [7, 11) is 0. The number of hydrogen-bond acceptors (Lipinski definition) is 5. The number of hydrogen-bond donors (Lipinski definition) is 3. The molecule has 1 aromatic carbocycles. The monoisotopic (exact) mass is 373 g/mol. The fourth-order valence-electron chi connectivity index (χ4n) is 3.59. The van der Waals surface area contributed by atoms with Gasteiger partial charge in [0, 0.05) is 25.2 Å². The summed E-state index contributed by atoms with van der Waals surface area (Å²) in [5.41, 5.74) is 7.62. The molecule has 0 aromatic heterocycles. The molecule has 150 valence electrons. The zero-order valence-corrected chi connectivity index (χ0v) is 16.4. The number of rotatable bonds is 13. The molecule has 0 spiro atoms. The maximum Gasteiger partial charge on any atom is 0.0991 e. The molecule has 1 aliphatic rings. The molecule has 3 atom stereocenters. The van der Waals surface area contributed by atoms with Crippen LogP contribution in [-0.4, -0.2) is 36.4 Å². The van der Waals surface area contributed by atoms with Crippen molar-refractivity contribution in [2.75, 3.05) is 13.2 Å². The Kier molecular flexibility index (Phi) is 10.4. The van der Waals surface area contributed by atoms with Crippen molar-refractivity contribution < 1.29 is 9.84 Å². The fraction of sp³-hybridized carbons (Fsp3) is 0.682. The largest absolute Gasteiger partial charge is 0.390 e. The summed E-state index contributed by atoms with van der Waals surface area (Å²) in [6.07, 6.45) is 10.6. The van der Waals surface area contributed by atoms with E-state index in [-0.39, 0.29) is 18.2 Å². The van der Waals surface area contributed by atoms with Crippen LogP contribution in [0.15, 0.2) is 24.3 Å². The lowest BCUT2D eigenvalue weighted by Gasteiger charge is -2.16. The fourth-order valence-corrected chi connectivity index (χ4v) is 3.59. The lowest BCUT2D eigenvalue weighted by molar-refractivity contribution is 0.116. The minimum absolute atomic E-state index is 0.0944. The SMILES string of the molecule is N#Cc1ccc(COCCCCCCCCCC[C@H]2NC[C@H](N)[C@@H]2O)cc1. The first kappa shape index (κ1) is 21.8. The van der Waals surface area contributed by atoms with E-state index in [0.29, 0.717) is 12.2 Å². The number of nitrogens with one attached hydrogen (secondary N) is 1. The van der Waals surface area contributed by atoms with Crippen molar-refractivity contribution in [2.45, 2.75) is 82.6 Å². The summed E-state index contributed by atoms with van der Waals surface area (Å²) in [4.78, 5) is 0. The summed E-state index contributed by atoms with van der Waals surface area (Å²) in [5.74, 6) is 0. The van der Waals surface area contributed by atoms with Crippen LogP contribution in [0.2, 0.25) is 0 Å². The van der Waals surface area contributed by atoms with E-state index in [9.17, 15) is 5.11 Å². The van der Waals surface area contributed by atoms with Crippen LogP contribution in [0.3, 0.4) is 0 Å². The predicted octanol–water partition coefficient (Wildman–Crippen LogP) is 3.25. The first-order valence-corrected chi connectivity index (χ1v) is 10.4. The smallest absolute Gasteiger partial charge is 0.0991 e. The van der Waals surface area contributed by atoms with Crippen molar-refractivity contribution in [1.82, 2.24) is 5.32 Å². The molecule has 1 heterocycles. The van der Waals surface area contributed by atoms with Gasteiger partial charge in [-0.1, -0.05) is 57.1 Å². The first-order chi connectivity index (χ1) is 13.2. The average molecular weight is 374 g/mol. The van der Waals surface area contributed by atoms with Crippen molar-refractivity contribution in [3.8, 4) is 6.07 Å². The number of aliphatic hydroxyl groups excluding tert-OH is 1. The van der Waals surface area contributed by atoms with Gasteiger partial charge in [0.1, 0.15) is 0 Å². The van der Waals surface area contributed by atoms with Gasteiger partial charge in [-0.05, 0) is 30.5 Å². The molecule has 0 amide bonds. The molecule has 27 heavy (non-hydrogen) atoms. The van der Waals surface area contributed by atoms with Gasteiger partial charge >= 0.3 is 0 Å². The van der Waals surface area contributed by atoms with Crippen LogP contribution < -0.4 is 11.1 Å². The molecule has 0 aliphatic carbocycles. The molecule has 1 fully saturated rings. The molecular weight excluding hydrogens is 338 g/mol. The number of nitriles is 1. The van der Waals surface area contributed by atoms with Gasteiger partial charge in [0.05, 0.1) is 24.3 Å². The molecule has 0 bridgehead atoms. The Labute approximate surface area is 163 Å². The Balaban J connectivity index is 1.34. The van der Waals surface area contributed by atoms with Crippen LogP contribution in [0.4, 0.5) is 0 Å². The molecule has 5 heteroatoms. The highest BCUT2D eigenvalue weighted by atomic mass is 16.5. The topological polar surface area (TPSA) is 91.3 Å². The molecule has 4 N–H and O–H groups in total. The van der Waals surface area contributed by atoms with Gasteiger partial charge in [-0.2, -0.15) is 5.26 Å². The van der Waals surface area contributed by atoms with Crippen LogP contribution >= 0.6 is 0 Å². The molecule has 0 unspecified atom stereocenters. The van der Waals surface area contributed by atoms with E-state index in [1.54, 1.807) is 0 Å². The van der Waals surface area contributed by atoms with Gasteiger partial charge < -0.3 is 20.9 Å². The Bertz CT molecular complexity index is 556. The number of benzene rings is 1. The highest BCUT2D eigenvalue weighted by molar-refractivity contribution is 5.31. The predicted molar refractivity (Wildman–Crippen MR) is 108 cm³/mol. The second-order valence-corrected chi connectivity index (χ2v) is 7.65. The van der Waals surface area contributed by atoms with Crippen LogP contribution in [0.5, 0.6) is 0 Å². The molecule has 5 nitrogen and oxygen atoms in total. The number of nitrogens with two attached hydrogens (primary N) is 1. The number of nitrogens with zero attached hydrogens (tertiary/aromatic N) is 1. The van der Waals surface area contributed by atoms with Crippen LogP contribution in [0.1, 0.15) is 68.9 Å². The van der Waals surface area contributed by atoms with Crippen molar-refractivity contribution in [3.63, 3.8) is 0 Å². The van der Waals surface area contributed by atoms with Crippen LogP contribution in [0, 0.1) is 11.3 Å². The lowest BCUT2D eigenvalue weighted by atomic mass is 10.0. The summed E-state index contributed by atoms with van der Waals surface area (Å²) in [5, 5.41) is 22.0. The summed E-state index contributed by atoms with van der Waals surface area (Å²) in [6.45, 7) is 2.17. The summed E-state index contributed by atoms with van der Waals surface area (Å²) >= 11 is 0. The summed E-state index contributed by atoms with van der Waals surface area (Å²) < 4.78 is 5.70. The quantitative estimate of drug-likeness (QED) is 0.462. The van der Waals surface area contributed by atoms with Crippen molar-refractivity contribution in [1.29, 1.82) is 5.26 Å². The first-order valence-electron chi connectivity index (χ1n) is 10.4. The van der Waals surface area contributed by atoms with Gasteiger partial charge in [0.15, 0.2) is 0 Å². The Hall–Kier alpha value is -1.45. The van der Waals surface area contributed by atoms with Gasteiger partial charge in [0.2, 0.25) is 0 Å². The Morgan fingerprint density at radius 2 is 1.67 bits per heavy atom. The zero-order valence-electron chi connectivity index (χ0n) is 16.4. The van der Waals surface area contributed by atoms with E-state index in [2.05, 4.69) is 11.4 Å². The van der Waals surface area contributed by atoms with Crippen LogP contribution in [-0.2, 0) is 11.3 Å². The zero-order chi connectivity index (χ0) is 19.3. The minimum Gasteiger partial charge on any atom is -0.390 e. The van der Waals surface area contributed by atoms with E-state index in [0.717, 1.165) is 31.6 Å². The van der Waals surface area contributed by atoms with E-state index in [4.69, 9.17) is 15.7 Å². The highest BCUT2D eigenvalue weighted by Crippen LogP contribution is 2.15. The minimum atomic E-state index is -0.371. The van der Waals surface area contributed by atoms with Gasteiger partial charge in [0.25, 0.3) is 0 Å². The van der Waals surface area contributed by atoms with Gasteiger partial charge in [-0.3, -0.25) is 0 Å². The number of unbranched alkanes of at least 4 members (excludes halogenated alkanes) is 7. The van der Waals surface area contributed by atoms with E-state index in [1.807, 2.05) is 24.3 Å². The lowest BCUT2D eigenvalue weighted by Crippen LogP contribution is -2.37. The van der Waals surface area contributed by atoms with Gasteiger partial charge in [-0.25, -0.2) is 0 Å². The Morgan fingerprint density at radius 1 is 1.04 bits per heavy atom. The molecule has 1 aromatic rings. The molecule has 0 saturated carbocycles. The normalized spacial score (nSPS) is 22.0. The second kappa shape index (κ2) is 12.9. The third kappa shape index (κ3) is 8.40. The van der Waals surface area contributed by atoms with Crippen molar-refractivity contribution in [2.24, 2.45) is 5.73 Å². The Morgan fingerprint density at radius 3 is 2.26 bits per heavy atom. The van der Waals surface area contributed by atoms with E-state index < -0.39 is 0 Å². The maximum absolute atomic E-state index is 9.90. The molecule has 1 aliphatic heterocycles. The van der Waals surface area contributed by atoms with E-state index in [1.165, 1.54) is 44.9 Å². The van der Waals surface area contributed by atoms with Crippen LogP contribution in [0.25, 0.3) is 0 Å². The number of ether oxygens (including phenoxy) is 1. The highest BCUT2D eigenvalue weighted by Gasteiger charge is 2.30. The standard InChI is InChI=1S/C22H35N3O2/c23-15-18-10-12-19(13-11-18)17-27-14-8-6-4-2-1-3-5-7-9-21-22(26)20(24)16-25-21/h10-13,20-22,25-26H,1-9,14,16-17,24H2/t20-,21+,22-/m0/s1. The number of aliphatic hydroxyl groups is 1. The molecule has 0 radical (unpaired) electrons. The summed E-state index contributed by atoms with van der Waals surface area (Å²) in [6, 6.07) is 9.80. The molecule has 1 saturated heterocycles. The molecule has 2 rings (SSSR count). The maximum atomic E-state index is 9.90. The van der Waals surface area contributed by atoms with Crippen molar-refractivity contribution >= 4 is 0 Å². The van der Waals surface area contributed by atoms with E-state index >= 15 is 0 Å². The average Bonchev–Trinajstić information content (AvgIpc) is 3.01. The van der Waals surface area contributed by atoms with Crippen molar-refractivity contribution in [3.05, 3.63) is 35.4 Å². The second-order valence-electron chi connectivity index (χ2n) is 7.65. The third-order valence-corrected chi connectivity index (χ3v) is 5.37. The third-order valence-electron chi connectivity index (χ3n) is 5.37. The van der Waals surface area contributed by atoms with Gasteiger partial charge in [-0.15, -0.1) is 0 Å².